The van der Waals surface area contributed by atoms with Gasteiger partial charge >= 0.3 is 0 Å². The highest BCUT2D eigenvalue weighted by Crippen LogP contribution is 2.01. The zero-order chi connectivity index (χ0) is 9.83. The average Bonchev–Trinajstić information content (AvgIpc) is 1.83. The van der Waals surface area contributed by atoms with E-state index in [9.17, 15) is 0 Å². The van der Waals surface area contributed by atoms with Crippen LogP contribution in [-0.4, -0.2) is 63.8 Å². The minimum Gasteiger partial charge on any atom is -0.326 e. The fraction of sp³-hybridized carbons (Fsp3) is 1.00. The van der Waals surface area contributed by atoms with E-state index in [0.29, 0.717) is 0 Å². The molecule has 0 aromatic carbocycles. The number of quaternary nitrogens is 2. The van der Waals surface area contributed by atoms with Crippen molar-refractivity contribution in [3.05, 3.63) is 0 Å². The molecule has 0 fully saturated rings. The molecule has 0 aliphatic rings. The van der Waals surface area contributed by atoms with Gasteiger partial charge in [-0.3, -0.25) is 0 Å². The van der Waals surface area contributed by atoms with E-state index in [1.54, 1.807) is 0 Å². The van der Waals surface area contributed by atoms with Crippen molar-refractivity contribution >= 4 is 0 Å². The summed E-state index contributed by atoms with van der Waals surface area (Å²) in [6, 6.07) is 0. The first-order chi connectivity index (χ1) is 5.27. The monoisotopic (exact) mass is 174 g/mol. The summed E-state index contributed by atoms with van der Waals surface area (Å²) in [4.78, 5) is 0. The zero-order valence-electron chi connectivity index (χ0n) is 9.72. The number of nitrogens with zero attached hydrogens (tertiary/aromatic N) is 2. The summed E-state index contributed by atoms with van der Waals surface area (Å²) in [5, 5.41) is 0. The molecule has 2 heteroatoms. The van der Waals surface area contributed by atoms with Gasteiger partial charge < -0.3 is 8.97 Å². The molecule has 0 aliphatic carbocycles. The van der Waals surface area contributed by atoms with Gasteiger partial charge in [0.25, 0.3) is 0 Å². The lowest BCUT2D eigenvalue weighted by atomic mass is 10.3. The number of likely N-dealkylation sites (N-methyl/N-ethyl adjacent to an activating group) is 2. The van der Waals surface area contributed by atoms with E-state index < -0.39 is 0 Å². The molecule has 0 radical (unpaired) electrons. The maximum Gasteiger partial charge on any atom is 0.128 e. The maximum absolute atomic E-state index is 2.32. The van der Waals surface area contributed by atoms with Crippen molar-refractivity contribution in [2.24, 2.45) is 0 Å². The highest BCUT2D eigenvalue weighted by Gasteiger charge is 2.18. The van der Waals surface area contributed by atoms with Crippen LogP contribution in [0.25, 0.3) is 0 Å². The van der Waals surface area contributed by atoms with Gasteiger partial charge in [0.05, 0.1) is 41.8 Å². The Morgan fingerprint density at radius 1 is 0.750 bits per heavy atom. The Hall–Kier alpha value is -0.0800. The maximum atomic E-state index is 2.32. The molecule has 0 atom stereocenters. The third-order valence-electron chi connectivity index (χ3n) is 2.21. The van der Waals surface area contributed by atoms with Gasteiger partial charge in [0, 0.05) is 0 Å². The quantitative estimate of drug-likeness (QED) is 0.549. The van der Waals surface area contributed by atoms with E-state index in [1.165, 1.54) is 26.1 Å². The Morgan fingerprint density at radius 3 is 1.58 bits per heavy atom. The van der Waals surface area contributed by atoms with E-state index in [0.717, 1.165) is 8.97 Å². The summed E-state index contributed by atoms with van der Waals surface area (Å²) < 4.78 is 2.23. The van der Waals surface area contributed by atoms with Gasteiger partial charge in [-0.2, -0.15) is 0 Å². The Kier molecular flexibility index (Phi) is 4.21. The summed E-state index contributed by atoms with van der Waals surface area (Å²) in [6.45, 7) is 6.08. The molecule has 74 valence electrons. The topological polar surface area (TPSA) is 0 Å². The molecule has 0 aromatic heterocycles. The Balaban J connectivity index is 3.75. The highest BCUT2D eigenvalue weighted by atomic mass is 15.4. The number of hydrogen-bond donors (Lipinski definition) is 0. The van der Waals surface area contributed by atoms with Crippen LogP contribution in [0.5, 0.6) is 0 Å². The van der Waals surface area contributed by atoms with Crippen LogP contribution in [0.2, 0.25) is 0 Å². The number of hydrogen-bond acceptors (Lipinski definition) is 0. The molecule has 0 unspecified atom stereocenters. The summed E-state index contributed by atoms with van der Waals surface area (Å²) >= 11 is 0. The van der Waals surface area contributed by atoms with Crippen LogP contribution >= 0.6 is 0 Å². The third-order valence-corrected chi connectivity index (χ3v) is 2.21. The van der Waals surface area contributed by atoms with Crippen molar-refractivity contribution in [2.45, 2.75) is 13.3 Å². The lowest BCUT2D eigenvalue weighted by Crippen LogP contribution is -2.49. The molecule has 12 heavy (non-hydrogen) atoms. The molecule has 0 aliphatic heterocycles. The summed E-state index contributed by atoms with van der Waals surface area (Å²) in [6.07, 6.45) is 1.28. The zero-order valence-corrected chi connectivity index (χ0v) is 9.72. The first-order valence-electron chi connectivity index (χ1n) is 4.89. The van der Waals surface area contributed by atoms with Gasteiger partial charge in [-0.1, -0.05) is 6.92 Å². The summed E-state index contributed by atoms with van der Waals surface area (Å²) in [7, 11) is 11.4. The van der Waals surface area contributed by atoms with Crippen LogP contribution < -0.4 is 0 Å². The van der Waals surface area contributed by atoms with Gasteiger partial charge in [-0.05, 0) is 6.42 Å². The highest BCUT2D eigenvalue weighted by molar-refractivity contribution is 4.33. The minimum absolute atomic E-state index is 1.07. The molecule has 0 rings (SSSR count). The normalized spacial score (nSPS) is 13.5. The van der Waals surface area contributed by atoms with Crippen molar-refractivity contribution in [1.29, 1.82) is 0 Å². The molecule has 0 N–H and O–H groups in total. The predicted molar refractivity (Wildman–Crippen MR) is 55.0 cm³/mol. The fourth-order valence-electron chi connectivity index (χ4n) is 1.29. The van der Waals surface area contributed by atoms with Crippen molar-refractivity contribution in [1.82, 2.24) is 0 Å². The number of rotatable bonds is 5. The van der Waals surface area contributed by atoms with Crippen molar-refractivity contribution in [3.8, 4) is 0 Å². The van der Waals surface area contributed by atoms with E-state index in [4.69, 9.17) is 0 Å². The van der Waals surface area contributed by atoms with Gasteiger partial charge in [0.15, 0.2) is 0 Å². The molecular weight excluding hydrogens is 148 g/mol. The van der Waals surface area contributed by atoms with Crippen LogP contribution in [0.15, 0.2) is 0 Å². The average molecular weight is 174 g/mol. The molecule has 0 aromatic rings. The van der Waals surface area contributed by atoms with Crippen molar-refractivity contribution < 1.29 is 8.97 Å². The van der Waals surface area contributed by atoms with Crippen molar-refractivity contribution in [3.63, 3.8) is 0 Å². The molecule has 0 saturated heterocycles. The standard InChI is InChI=1S/C10H26N2/c1-7-8-12(5,6)10-9-11(2,3)4/h7-10H2,1-6H3/q+2. The van der Waals surface area contributed by atoms with Crippen LogP contribution in [-0.2, 0) is 0 Å². The minimum atomic E-state index is 1.07. The van der Waals surface area contributed by atoms with E-state index in [1.807, 2.05) is 0 Å². The molecule has 0 bridgehead atoms. The van der Waals surface area contributed by atoms with Gasteiger partial charge in [0.1, 0.15) is 13.1 Å². The Labute approximate surface area is 78.0 Å². The van der Waals surface area contributed by atoms with Crippen LogP contribution in [0.4, 0.5) is 0 Å². The molecular formula is C10H26N2+2. The molecule has 0 amide bonds. The second-order valence-electron chi connectivity index (χ2n) is 5.40. The molecule has 0 spiro atoms. The van der Waals surface area contributed by atoms with Crippen LogP contribution in [0.3, 0.4) is 0 Å². The summed E-state index contributed by atoms with van der Waals surface area (Å²) in [5.41, 5.74) is 0. The first kappa shape index (κ1) is 11.9. The second-order valence-corrected chi connectivity index (χ2v) is 5.40. The van der Waals surface area contributed by atoms with Crippen LogP contribution in [0, 0.1) is 0 Å². The van der Waals surface area contributed by atoms with Crippen LogP contribution in [0.1, 0.15) is 13.3 Å². The van der Waals surface area contributed by atoms with E-state index in [-0.39, 0.29) is 0 Å². The SMILES string of the molecule is CCC[N+](C)(C)CC[N+](C)(C)C. The van der Waals surface area contributed by atoms with Gasteiger partial charge in [-0.25, -0.2) is 0 Å². The first-order valence-corrected chi connectivity index (χ1v) is 4.89. The second kappa shape index (κ2) is 4.24. The largest absolute Gasteiger partial charge is 0.326 e. The predicted octanol–water partition coefficient (Wildman–Crippen LogP) is 1.18. The Morgan fingerprint density at radius 2 is 1.25 bits per heavy atom. The Bertz CT molecular complexity index is 122. The molecule has 0 heterocycles. The van der Waals surface area contributed by atoms with E-state index >= 15 is 0 Å². The summed E-state index contributed by atoms with van der Waals surface area (Å²) in [5.74, 6) is 0. The fourth-order valence-corrected chi connectivity index (χ4v) is 1.29. The lowest BCUT2D eigenvalue weighted by Gasteiger charge is -2.33. The third kappa shape index (κ3) is 6.62. The van der Waals surface area contributed by atoms with Gasteiger partial charge in [-0.15, -0.1) is 0 Å². The van der Waals surface area contributed by atoms with E-state index in [2.05, 4.69) is 42.2 Å². The van der Waals surface area contributed by atoms with Gasteiger partial charge in [0.2, 0.25) is 0 Å². The molecule has 0 saturated carbocycles. The van der Waals surface area contributed by atoms with Crippen molar-refractivity contribution in [2.75, 3.05) is 54.9 Å². The smallest absolute Gasteiger partial charge is 0.128 e. The lowest BCUT2D eigenvalue weighted by molar-refractivity contribution is -0.937. The molecule has 2 nitrogen and oxygen atoms in total.